The number of hydrogen-bond acceptors (Lipinski definition) is 4. The van der Waals surface area contributed by atoms with Crippen LogP contribution in [0.3, 0.4) is 0 Å². The minimum absolute atomic E-state index is 0.0710. The number of hydrogen-bond donors (Lipinski definition) is 1. The molecule has 0 amide bonds. The van der Waals surface area contributed by atoms with E-state index in [2.05, 4.69) is 20.9 Å². The van der Waals surface area contributed by atoms with Gasteiger partial charge in [0.25, 0.3) is 10.0 Å². The molecule has 118 valence electrons. The van der Waals surface area contributed by atoms with Gasteiger partial charge in [-0.1, -0.05) is 18.2 Å². The Balaban J connectivity index is 2.44. The van der Waals surface area contributed by atoms with Gasteiger partial charge in [0.05, 0.1) is 10.5 Å². The Morgan fingerprint density at radius 3 is 2.52 bits per heavy atom. The van der Waals surface area contributed by atoms with Gasteiger partial charge in [-0.3, -0.25) is 0 Å². The van der Waals surface area contributed by atoms with Crippen LogP contribution in [-0.4, -0.2) is 28.5 Å². The number of benzene rings is 1. The first-order chi connectivity index (χ1) is 10.8. The second-order valence-electron chi connectivity index (χ2n) is 4.87. The van der Waals surface area contributed by atoms with Crippen molar-refractivity contribution in [3.8, 4) is 0 Å². The predicted octanol–water partition coefficient (Wildman–Crippen LogP) is 3.04. The van der Waals surface area contributed by atoms with Crippen LogP contribution in [0.5, 0.6) is 0 Å². The number of pyridine rings is 1. The van der Waals surface area contributed by atoms with Crippen molar-refractivity contribution in [2.24, 2.45) is 0 Å². The standard InChI is InChI=1S/C15H11BrN2O4S/c1-9-13(15(19)20)12-7-10(16)8-17-14(12)18(9)23(21,22)11-5-3-2-4-6-11/h2-8H,1H3,(H,19,20). The van der Waals surface area contributed by atoms with Crippen LogP contribution in [0.2, 0.25) is 0 Å². The summed E-state index contributed by atoms with van der Waals surface area (Å²) in [6, 6.07) is 9.39. The summed E-state index contributed by atoms with van der Waals surface area (Å²) in [7, 11) is -3.95. The average Bonchev–Trinajstić information content (AvgIpc) is 2.80. The third-order valence-electron chi connectivity index (χ3n) is 3.46. The lowest BCUT2D eigenvalue weighted by Crippen LogP contribution is -2.15. The van der Waals surface area contributed by atoms with E-state index in [0.717, 1.165) is 3.97 Å². The van der Waals surface area contributed by atoms with Gasteiger partial charge in [0.2, 0.25) is 0 Å². The lowest BCUT2D eigenvalue weighted by Gasteiger charge is -2.09. The Labute approximate surface area is 140 Å². The fraction of sp³-hybridized carbons (Fsp3) is 0.0667. The number of aromatic carboxylic acids is 1. The molecular formula is C15H11BrN2O4S. The van der Waals surface area contributed by atoms with Crippen molar-refractivity contribution in [3.63, 3.8) is 0 Å². The van der Waals surface area contributed by atoms with Gasteiger partial charge in [0.15, 0.2) is 5.65 Å². The number of carboxylic acids is 1. The molecule has 0 aliphatic rings. The molecule has 23 heavy (non-hydrogen) atoms. The number of fused-ring (bicyclic) bond motifs is 1. The van der Waals surface area contributed by atoms with Crippen molar-refractivity contribution < 1.29 is 18.3 Å². The molecule has 0 atom stereocenters. The lowest BCUT2D eigenvalue weighted by molar-refractivity contribution is 0.0698. The molecule has 3 aromatic rings. The number of carbonyl (C=O) groups is 1. The molecule has 2 aromatic heterocycles. The van der Waals surface area contributed by atoms with Gasteiger partial charge >= 0.3 is 5.97 Å². The third kappa shape index (κ3) is 2.43. The van der Waals surface area contributed by atoms with Crippen LogP contribution in [0.25, 0.3) is 11.0 Å². The number of carboxylic acid groups (broad SMARTS) is 1. The summed E-state index contributed by atoms with van der Waals surface area (Å²) in [5.41, 5.74) is 0.127. The zero-order chi connectivity index (χ0) is 16.8. The van der Waals surface area contributed by atoms with Crippen molar-refractivity contribution in [2.45, 2.75) is 11.8 Å². The number of rotatable bonds is 3. The van der Waals surface area contributed by atoms with Gasteiger partial charge < -0.3 is 5.11 Å². The summed E-state index contributed by atoms with van der Waals surface area (Å²) in [5, 5.41) is 9.72. The van der Waals surface area contributed by atoms with E-state index >= 15 is 0 Å². The molecule has 1 aromatic carbocycles. The summed E-state index contributed by atoms with van der Waals surface area (Å²) < 4.78 is 27.4. The SMILES string of the molecule is Cc1c(C(=O)O)c2cc(Br)cnc2n1S(=O)(=O)c1ccccc1. The monoisotopic (exact) mass is 394 g/mol. The molecule has 0 fully saturated rings. The maximum Gasteiger partial charge on any atom is 0.338 e. The van der Waals surface area contributed by atoms with Crippen LogP contribution < -0.4 is 0 Å². The molecule has 0 aliphatic carbocycles. The predicted molar refractivity (Wildman–Crippen MR) is 88.2 cm³/mol. The summed E-state index contributed by atoms with van der Waals surface area (Å²) >= 11 is 3.23. The van der Waals surface area contributed by atoms with Crippen molar-refractivity contribution in [3.05, 3.63) is 58.3 Å². The van der Waals surface area contributed by atoms with E-state index in [1.54, 1.807) is 24.3 Å². The van der Waals surface area contributed by atoms with Crippen LogP contribution >= 0.6 is 15.9 Å². The van der Waals surface area contributed by atoms with Gasteiger partial charge in [0, 0.05) is 21.7 Å². The Kier molecular flexibility index (Phi) is 3.73. The molecular weight excluding hydrogens is 384 g/mol. The van der Waals surface area contributed by atoms with Crippen molar-refractivity contribution in [2.75, 3.05) is 0 Å². The summed E-state index contributed by atoms with van der Waals surface area (Å²) in [4.78, 5) is 15.8. The minimum Gasteiger partial charge on any atom is -0.478 e. The van der Waals surface area contributed by atoms with Gasteiger partial charge in [-0.2, -0.15) is 0 Å². The fourth-order valence-corrected chi connectivity index (χ4v) is 4.36. The third-order valence-corrected chi connectivity index (χ3v) is 5.69. The maximum atomic E-state index is 12.9. The van der Waals surface area contributed by atoms with Crippen molar-refractivity contribution in [1.29, 1.82) is 0 Å². The van der Waals surface area contributed by atoms with E-state index < -0.39 is 16.0 Å². The molecule has 3 rings (SSSR count). The van der Waals surface area contributed by atoms with Crippen LogP contribution in [0, 0.1) is 6.92 Å². The topological polar surface area (TPSA) is 89.3 Å². The summed E-state index contributed by atoms with van der Waals surface area (Å²) in [5.74, 6) is -1.20. The second-order valence-corrected chi connectivity index (χ2v) is 7.58. The fourth-order valence-electron chi connectivity index (χ4n) is 2.50. The molecule has 0 unspecified atom stereocenters. The van der Waals surface area contributed by atoms with E-state index in [1.165, 1.54) is 25.3 Å². The smallest absolute Gasteiger partial charge is 0.338 e. The largest absolute Gasteiger partial charge is 0.478 e. The van der Waals surface area contributed by atoms with Crippen LogP contribution in [0.1, 0.15) is 16.1 Å². The molecule has 8 heteroatoms. The highest BCUT2D eigenvalue weighted by molar-refractivity contribution is 9.10. The van der Waals surface area contributed by atoms with E-state index in [0.29, 0.717) is 4.47 Å². The van der Waals surface area contributed by atoms with Gasteiger partial charge in [-0.25, -0.2) is 22.2 Å². The van der Waals surface area contributed by atoms with Gasteiger partial charge in [0.1, 0.15) is 0 Å². The van der Waals surface area contributed by atoms with E-state index in [1.807, 2.05) is 0 Å². The Bertz CT molecular complexity index is 1030. The molecule has 0 saturated carbocycles. The van der Waals surface area contributed by atoms with Gasteiger partial charge in [-0.05, 0) is 41.1 Å². The molecule has 0 aliphatic heterocycles. The van der Waals surface area contributed by atoms with E-state index in [4.69, 9.17) is 0 Å². The van der Waals surface area contributed by atoms with Crippen molar-refractivity contribution in [1.82, 2.24) is 8.96 Å². The highest BCUT2D eigenvalue weighted by atomic mass is 79.9. The lowest BCUT2D eigenvalue weighted by atomic mass is 10.2. The van der Waals surface area contributed by atoms with Gasteiger partial charge in [-0.15, -0.1) is 0 Å². The average molecular weight is 395 g/mol. The number of nitrogens with zero attached hydrogens (tertiary/aromatic N) is 2. The normalized spacial score (nSPS) is 11.7. The molecule has 0 radical (unpaired) electrons. The first-order valence-electron chi connectivity index (χ1n) is 6.54. The summed E-state index contributed by atoms with van der Waals surface area (Å²) in [6.07, 6.45) is 1.43. The first kappa shape index (κ1) is 15.7. The van der Waals surface area contributed by atoms with Crippen molar-refractivity contribution >= 4 is 43.0 Å². The van der Waals surface area contributed by atoms with Crippen LogP contribution in [-0.2, 0) is 10.0 Å². The highest BCUT2D eigenvalue weighted by Crippen LogP contribution is 2.30. The number of aromatic nitrogens is 2. The quantitative estimate of drug-likeness (QED) is 0.737. The highest BCUT2D eigenvalue weighted by Gasteiger charge is 2.28. The number of halogens is 1. The Morgan fingerprint density at radius 2 is 1.91 bits per heavy atom. The Hall–Kier alpha value is -2.19. The minimum atomic E-state index is -3.95. The second kappa shape index (κ2) is 5.47. The zero-order valence-electron chi connectivity index (χ0n) is 11.9. The Morgan fingerprint density at radius 1 is 1.26 bits per heavy atom. The summed E-state index contributed by atoms with van der Waals surface area (Å²) in [6.45, 7) is 1.46. The van der Waals surface area contributed by atoms with E-state index in [-0.39, 0.29) is 27.2 Å². The van der Waals surface area contributed by atoms with Crippen LogP contribution in [0.4, 0.5) is 0 Å². The molecule has 2 heterocycles. The van der Waals surface area contributed by atoms with Crippen LogP contribution in [0.15, 0.2) is 52.0 Å². The molecule has 6 nitrogen and oxygen atoms in total. The molecule has 0 bridgehead atoms. The molecule has 0 spiro atoms. The molecule has 1 N–H and O–H groups in total. The maximum absolute atomic E-state index is 12.9. The van der Waals surface area contributed by atoms with E-state index in [9.17, 15) is 18.3 Å². The first-order valence-corrected chi connectivity index (χ1v) is 8.78. The zero-order valence-corrected chi connectivity index (χ0v) is 14.3. The molecule has 0 saturated heterocycles.